The predicted octanol–water partition coefficient (Wildman–Crippen LogP) is 2.57. The summed E-state index contributed by atoms with van der Waals surface area (Å²) in [6, 6.07) is 10.4. The predicted molar refractivity (Wildman–Crippen MR) is 124 cm³/mol. The molecule has 2 aromatic carbocycles. The molecule has 0 fully saturated rings. The van der Waals surface area contributed by atoms with Gasteiger partial charge in [-0.25, -0.2) is 10.9 Å². The highest BCUT2D eigenvalue weighted by Crippen LogP contribution is 2.22. The fraction of sp³-hybridized carbons (Fsp3) is 0.200. The highest BCUT2D eigenvalue weighted by Gasteiger charge is 2.03. The molecule has 164 valence electrons. The summed E-state index contributed by atoms with van der Waals surface area (Å²) in [7, 11) is 2.96. The Morgan fingerprint density at radius 1 is 0.742 bits per heavy atom. The van der Waals surface area contributed by atoms with E-state index in [0.29, 0.717) is 17.1 Å². The van der Waals surface area contributed by atoms with Gasteiger partial charge < -0.3 is 15.3 Å². The lowest BCUT2D eigenvalue weighted by molar-refractivity contribution is -0.121. The highest BCUT2D eigenvalue weighted by molar-refractivity contribution is 8.76. The first kappa shape index (κ1) is 24.1. The first-order valence-electron chi connectivity index (χ1n) is 9.12. The Morgan fingerprint density at radius 2 is 1.23 bits per heavy atom. The summed E-state index contributed by atoms with van der Waals surface area (Å²) < 4.78 is 0. The van der Waals surface area contributed by atoms with Gasteiger partial charge in [0.15, 0.2) is 0 Å². The number of amides is 2. The Bertz CT molecular complexity index is 915. The van der Waals surface area contributed by atoms with Crippen molar-refractivity contribution in [3.05, 3.63) is 53.6 Å². The van der Waals surface area contributed by atoms with Crippen LogP contribution in [0.5, 0.6) is 17.2 Å². The smallest absolute Gasteiger partial charge is 0.240 e. The van der Waals surface area contributed by atoms with E-state index in [1.807, 2.05) is 0 Å². The minimum atomic E-state index is -0.268. The number of phenols is 3. The first-order valence-corrected chi connectivity index (χ1v) is 11.6. The van der Waals surface area contributed by atoms with E-state index in [9.17, 15) is 24.9 Å². The molecular weight excluding hydrogens is 440 g/mol. The van der Waals surface area contributed by atoms with Crippen LogP contribution in [0.4, 0.5) is 0 Å². The third kappa shape index (κ3) is 10.4. The van der Waals surface area contributed by atoms with Crippen LogP contribution in [0.1, 0.15) is 24.0 Å². The number of hydrazone groups is 2. The molecule has 0 unspecified atom stereocenters. The molecule has 31 heavy (non-hydrogen) atoms. The highest BCUT2D eigenvalue weighted by atomic mass is 33.1. The van der Waals surface area contributed by atoms with Gasteiger partial charge in [-0.3, -0.25) is 9.59 Å². The van der Waals surface area contributed by atoms with E-state index in [-0.39, 0.29) is 41.9 Å². The molecule has 0 saturated heterocycles. The molecule has 0 aliphatic heterocycles. The van der Waals surface area contributed by atoms with Crippen LogP contribution < -0.4 is 10.9 Å². The van der Waals surface area contributed by atoms with Crippen LogP contribution in [-0.4, -0.2) is 51.1 Å². The van der Waals surface area contributed by atoms with E-state index in [0.717, 1.165) is 5.56 Å². The summed E-state index contributed by atoms with van der Waals surface area (Å²) in [5.74, 6) is 0.614. The van der Waals surface area contributed by atoms with Crippen molar-refractivity contribution in [2.75, 3.05) is 11.5 Å². The summed E-state index contributed by atoms with van der Waals surface area (Å²) in [5.41, 5.74) is 6.01. The lowest BCUT2D eigenvalue weighted by atomic mass is 10.2. The zero-order valence-electron chi connectivity index (χ0n) is 16.4. The largest absolute Gasteiger partial charge is 0.508 e. The van der Waals surface area contributed by atoms with Gasteiger partial charge in [0.05, 0.1) is 12.4 Å². The first-order chi connectivity index (χ1) is 14.9. The molecule has 0 spiro atoms. The number of rotatable bonds is 11. The van der Waals surface area contributed by atoms with E-state index in [1.165, 1.54) is 64.3 Å². The van der Waals surface area contributed by atoms with Crippen molar-refractivity contribution in [1.29, 1.82) is 0 Å². The topological polar surface area (TPSA) is 144 Å². The number of hydrogen-bond donors (Lipinski definition) is 5. The van der Waals surface area contributed by atoms with Crippen LogP contribution in [0.2, 0.25) is 0 Å². The third-order valence-corrected chi connectivity index (χ3v) is 5.94. The second kappa shape index (κ2) is 13.2. The Morgan fingerprint density at radius 3 is 1.74 bits per heavy atom. The maximum absolute atomic E-state index is 11.7. The van der Waals surface area contributed by atoms with Crippen LogP contribution in [-0.2, 0) is 9.59 Å². The summed E-state index contributed by atoms with van der Waals surface area (Å²) in [6.45, 7) is 0. The number of benzene rings is 2. The zero-order valence-corrected chi connectivity index (χ0v) is 18.0. The third-order valence-electron chi connectivity index (χ3n) is 3.53. The average Bonchev–Trinajstić information content (AvgIpc) is 2.71. The van der Waals surface area contributed by atoms with E-state index < -0.39 is 0 Å². The molecular formula is C20H22N4O5S2. The van der Waals surface area contributed by atoms with Crippen LogP contribution in [0.25, 0.3) is 0 Å². The van der Waals surface area contributed by atoms with Crippen molar-refractivity contribution in [1.82, 2.24) is 10.9 Å². The summed E-state index contributed by atoms with van der Waals surface area (Å²) >= 11 is 0. The van der Waals surface area contributed by atoms with Crippen molar-refractivity contribution >= 4 is 45.8 Å². The van der Waals surface area contributed by atoms with Gasteiger partial charge >= 0.3 is 0 Å². The van der Waals surface area contributed by atoms with Crippen molar-refractivity contribution in [3.63, 3.8) is 0 Å². The Balaban J connectivity index is 1.52. The van der Waals surface area contributed by atoms with Crippen LogP contribution in [0.3, 0.4) is 0 Å². The molecule has 0 saturated carbocycles. The molecule has 0 aromatic heterocycles. The number of carbonyl (C=O) groups excluding carboxylic acids is 2. The molecule has 0 radical (unpaired) electrons. The molecule has 9 nitrogen and oxygen atoms in total. The zero-order chi connectivity index (χ0) is 22.5. The molecule has 11 heteroatoms. The average molecular weight is 463 g/mol. The minimum Gasteiger partial charge on any atom is -0.508 e. The fourth-order valence-corrected chi connectivity index (χ4v) is 4.09. The van der Waals surface area contributed by atoms with Gasteiger partial charge in [0, 0.05) is 36.0 Å². The van der Waals surface area contributed by atoms with Crippen molar-refractivity contribution < 1.29 is 24.9 Å². The molecule has 0 aliphatic rings. The molecule has 0 bridgehead atoms. The van der Waals surface area contributed by atoms with E-state index in [1.54, 1.807) is 12.1 Å². The van der Waals surface area contributed by atoms with Gasteiger partial charge in [-0.1, -0.05) is 21.6 Å². The maximum Gasteiger partial charge on any atom is 0.240 e. The lowest BCUT2D eigenvalue weighted by Crippen LogP contribution is -2.18. The quantitative estimate of drug-likeness (QED) is 0.149. The van der Waals surface area contributed by atoms with Gasteiger partial charge in [0.1, 0.15) is 17.2 Å². The van der Waals surface area contributed by atoms with Crippen LogP contribution in [0, 0.1) is 0 Å². The van der Waals surface area contributed by atoms with Crippen molar-refractivity contribution in [3.8, 4) is 17.2 Å². The summed E-state index contributed by atoms with van der Waals surface area (Å²) in [6.07, 6.45) is 3.35. The summed E-state index contributed by atoms with van der Waals surface area (Å²) in [4.78, 5) is 23.4. The standard InChI is InChI=1S/C20H22N4O5S2/c25-16-3-1-14(2-4-16)12-21-23-19(28)5-7-30-31-8-6-20(29)24-22-13-15-9-17(26)11-18(27)10-15/h1-4,9-13,25-27H,5-8H2,(H,23,28)(H,24,29)/b21-12-,22-13-. The monoisotopic (exact) mass is 462 g/mol. The van der Waals surface area contributed by atoms with Gasteiger partial charge in [0.2, 0.25) is 11.8 Å². The second-order valence-electron chi connectivity index (χ2n) is 6.10. The van der Waals surface area contributed by atoms with E-state index in [2.05, 4.69) is 21.1 Å². The number of hydrogen-bond acceptors (Lipinski definition) is 9. The molecule has 2 rings (SSSR count). The van der Waals surface area contributed by atoms with Crippen molar-refractivity contribution in [2.45, 2.75) is 12.8 Å². The van der Waals surface area contributed by atoms with E-state index in [4.69, 9.17) is 0 Å². The molecule has 2 aromatic rings. The maximum atomic E-state index is 11.7. The van der Waals surface area contributed by atoms with Gasteiger partial charge in [-0.15, -0.1) is 0 Å². The molecule has 2 amide bonds. The summed E-state index contributed by atoms with van der Waals surface area (Å²) in [5, 5.41) is 35.6. The van der Waals surface area contributed by atoms with Gasteiger partial charge in [-0.05, 0) is 42.0 Å². The van der Waals surface area contributed by atoms with Gasteiger partial charge in [-0.2, -0.15) is 10.2 Å². The molecule has 0 aliphatic carbocycles. The van der Waals surface area contributed by atoms with E-state index >= 15 is 0 Å². The molecule has 0 heterocycles. The lowest BCUT2D eigenvalue weighted by Gasteiger charge is -2.02. The Labute approximate surface area is 187 Å². The van der Waals surface area contributed by atoms with Crippen molar-refractivity contribution in [2.24, 2.45) is 10.2 Å². The van der Waals surface area contributed by atoms with Gasteiger partial charge in [0.25, 0.3) is 0 Å². The number of nitrogens with zero attached hydrogens (tertiary/aromatic N) is 2. The Hall–Kier alpha value is -3.18. The number of phenolic OH excluding ortho intramolecular Hbond substituents is 3. The minimum absolute atomic E-state index is 0.0981. The fourth-order valence-electron chi connectivity index (χ4n) is 2.11. The second-order valence-corrected chi connectivity index (χ2v) is 8.81. The van der Waals surface area contributed by atoms with Crippen LogP contribution in [0.15, 0.2) is 52.7 Å². The number of aromatic hydroxyl groups is 3. The molecule has 0 atom stereocenters. The number of carbonyl (C=O) groups is 2. The number of nitrogens with one attached hydrogen (secondary N) is 2. The Kier molecular flexibility index (Phi) is 10.3. The molecule has 5 N–H and O–H groups in total. The van der Waals surface area contributed by atoms with Crippen LogP contribution >= 0.6 is 21.6 Å². The SMILES string of the molecule is O=C(CCSSCCC(=O)N/N=C\c1cc(O)cc(O)c1)N/N=C\c1ccc(O)cc1. The normalized spacial score (nSPS) is 11.1.